The minimum absolute atomic E-state index is 0.430. The SMILES string of the molecule is CC12C=CC3CCCCC(C=C1)C32. The first kappa shape index (κ1) is 7.84. The molecule has 0 nitrogen and oxygen atoms in total. The van der Waals surface area contributed by atoms with E-state index in [1.807, 2.05) is 0 Å². The summed E-state index contributed by atoms with van der Waals surface area (Å²) in [6, 6.07) is 0. The van der Waals surface area contributed by atoms with Gasteiger partial charge in [-0.15, -0.1) is 0 Å². The Morgan fingerprint density at radius 1 is 1.00 bits per heavy atom. The first-order chi connectivity index (χ1) is 6.30. The van der Waals surface area contributed by atoms with Gasteiger partial charge in [0.2, 0.25) is 0 Å². The molecule has 1 fully saturated rings. The highest BCUT2D eigenvalue weighted by Crippen LogP contribution is 2.55. The second-order valence-corrected chi connectivity index (χ2v) is 5.22. The maximum absolute atomic E-state index is 2.49. The predicted molar refractivity (Wildman–Crippen MR) is 55.3 cm³/mol. The van der Waals surface area contributed by atoms with Gasteiger partial charge < -0.3 is 0 Å². The van der Waals surface area contributed by atoms with Crippen molar-refractivity contribution < 1.29 is 0 Å². The van der Waals surface area contributed by atoms with E-state index < -0.39 is 0 Å². The second-order valence-electron chi connectivity index (χ2n) is 5.22. The van der Waals surface area contributed by atoms with E-state index in [1.165, 1.54) is 25.7 Å². The Morgan fingerprint density at radius 2 is 1.54 bits per heavy atom. The third kappa shape index (κ3) is 0.978. The zero-order chi connectivity index (χ0) is 8.89. The molecular weight excluding hydrogens is 156 g/mol. The Bertz CT molecular complexity index is 248. The average molecular weight is 174 g/mol. The van der Waals surface area contributed by atoms with Gasteiger partial charge in [0, 0.05) is 5.41 Å². The Hall–Kier alpha value is -0.520. The van der Waals surface area contributed by atoms with Crippen molar-refractivity contribution >= 4 is 0 Å². The first-order valence-corrected chi connectivity index (χ1v) is 5.68. The fourth-order valence-electron chi connectivity index (χ4n) is 3.73. The molecular formula is C13H18. The first-order valence-electron chi connectivity index (χ1n) is 5.68. The lowest BCUT2D eigenvalue weighted by atomic mass is 9.74. The van der Waals surface area contributed by atoms with Crippen LogP contribution < -0.4 is 0 Å². The van der Waals surface area contributed by atoms with Crippen molar-refractivity contribution in [2.24, 2.45) is 23.2 Å². The van der Waals surface area contributed by atoms with Crippen LogP contribution in [0.4, 0.5) is 0 Å². The predicted octanol–water partition coefficient (Wildman–Crippen LogP) is 3.55. The van der Waals surface area contributed by atoms with E-state index in [4.69, 9.17) is 0 Å². The minimum atomic E-state index is 0.430. The zero-order valence-corrected chi connectivity index (χ0v) is 8.37. The molecule has 0 heterocycles. The van der Waals surface area contributed by atoms with Crippen LogP contribution in [0, 0.1) is 23.2 Å². The van der Waals surface area contributed by atoms with Gasteiger partial charge in [0.25, 0.3) is 0 Å². The summed E-state index contributed by atoms with van der Waals surface area (Å²) in [7, 11) is 0. The van der Waals surface area contributed by atoms with E-state index in [1.54, 1.807) is 0 Å². The number of hydrogen-bond acceptors (Lipinski definition) is 0. The molecule has 0 heteroatoms. The smallest absolute Gasteiger partial charge is 0.00723 e. The van der Waals surface area contributed by atoms with Gasteiger partial charge in [-0.25, -0.2) is 0 Å². The Labute approximate surface area is 80.7 Å². The minimum Gasteiger partial charge on any atom is -0.0842 e. The summed E-state index contributed by atoms with van der Waals surface area (Å²) in [5, 5.41) is 0. The molecule has 0 spiro atoms. The maximum atomic E-state index is 2.49. The molecule has 0 saturated heterocycles. The number of rotatable bonds is 0. The van der Waals surface area contributed by atoms with Crippen molar-refractivity contribution in [3.05, 3.63) is 24.3 Å². The molecule has 2 atom stereocenters. The third-order valence-corrected chi connectivity index (χ3v) is 4.37. The van der Waals surface area contributed by atoms with E-state index in [0.29, 0.717) is 5.41 Å². The molecule has 3 aliphatic rings. The normalized spacial score (nSPS) is 52.2. The van der Waals surface area contributed by atoms with Crippen LogP contribution in [0.3, 0.4) is 0 Å². The summed E-state index contributed by atoms with van der Waals surface area (Å²) in [5.41, 5.74) is 0.430. The Kier molecular flexibility index (Phi) is 1.51. The van der Waals surface area contributed by atoms with Crippen molar-refractivity contribution in [1.29, 1.82) is 0 Å². The highest BCUT2D eigenvalue weighted by Gasteiger charge is 2.46. The van der Waals surface area contributed by atoms with Gasteiger partial charge in [0.15, 0.2) is 0 Å². The summed E-state index contributed by atoms with van der Waals surface area (Å²) in [5.74, 6) is 2.72. The lowest BCUT2D eigenvalue weighted by Gasteiger charge is -2.29. The lowest BCUT2D eigenvalue weighted by Crippen LogP contribution is -2.24. The monoisotopic (exact) mass is 174 g/mol. The van der Waals surface area contributed by atoms with Crippen molar-refractivity contribution in [3.8, 4) is 0 Å². The van der Waals surface area contributed by atoms with E-state index in [-0.39, 0.29) is 0 Å². The van der Waals surface area contributed by atoms with Crippen LogP contribution >= 0.6 is 0 Å². The molecule has 0 aliphatic heterocycles. The largest absolute Gasteiger partial charge is 0.0842 e. The van der Waals surface area contributed by atoms with Crippen molar-refractivity contribution in [2.45, 2.75) is 32.6 Å². The molecule has 0 N–H and O–H groups in total. The quantitative estimate of drug-likeness (QED) is 0.493. The molecule has 0 aromatic carbocycles. The number of hydrogen-bond donors (Lipinski definition) is 0. The van der Waals surface area contributed by atoms with Gasteiger partial charge >= 0.3 is 0 Å². The molecule has 0 radical (unpaired) electrons. The highest BCUT2D eigenvalue weighted by molar-refractivity contribution is 5.28. The van der Waals surface area contributed by atoms with Gasteiger partial charge in [-0.1, -0.05) is 44.1 Å². The van der Waals surface area contributed by atoms with Gasteiger partial charge in [-0.2, -0.15) is 0 Å². The summed E-state index contributed by atoms with van der Waals surface area (Å²) in [6.45, 7) is 2.41. The fourth-order valence-corrected chi connectivity index (χ4v) is 3.73. The van der Waals surface area contributed by atoms with Crippen molar-refractivity contribution in [2.75, 3.05) is 0 Å². The van der Waals surface area contributed by atoms with Gasteiger partial charge in [0.05, 0.1) is 0 Å². The molecule has 1 saturated carbocycles. The van der Waals surface area contributed by atoms with Gasteiger partial charge in [-0.3, -0.25) is 0 Å². The third-order valence-electron chi connectivity index (χ3n) is 4.37. The van der Waals surface area contributed by atoms with Crippen LogP contribution in [0.15, 0.2) is 24.3 Å². The van der Waals surface area contributed by atoms with Gasteiger partial charge in [-0.05, 0) is 30.6 Å². The molecule has 0 aromatic rings. The van der Waals surface area contributed by atoms with E-state index in [0.717, 1.165) is 17.8 Å². The lowest BCUT2D eigenvalue weighted by molar-refractivity contribution is 0.239. The molecule has 0 bridgehead atoms. The summed E-state index contributed by atoms with van der Waals surface area (Å²) in [4.78, 5) is 0. The van der Waals surface area contributed by atoms with Crippen LogP contribution in [0.1, 0.15) is 32.6 Å². The number of allylic oxidation sites excluding steroid dienone is 4. The molecule has 0 amide bonds. The Balaban J connectivity index is 2.00. The van der Waals surface area contributed by atoms with Crippen LogP contribution in [-0.2, 0) is 0 Å². The van der Waals surface area contributed by atoms with Crippen LogP contribution in [0.5, 0.6) is 0 Å². The van der Waals surface area contributed by atoms with E-state index >= 15 is 0 Å². The molecule has 0 aromatic heterocycles. The van der Waals surface area contributed by atoms with Crippen LogP contribution in [0.2, 0.25) is 0 Å². The molecule has 2 unspecified atom stereocenters. The zero-order valence-electron chi connectivity index (χ0n) is 8.37. The van der Waals surface area contributed by atoms with Crippen molar-refractivity contribution in [3.63, 3.8) is 0 Å². The summed E-state index contributed by atoms with van der Waals surface area (Å²) >= 11 is 0. The van der Waals surface area contributed by atoms with Crippen LogP contribution in [0.25, 0.3) is 0 Å². The Morgan fingerprint density at radius 3 is 2.08 bits per heavy atom. The molecule has 3 aliphatic carbocycles. The standard InChI is InChI=1S/C13H18/c1-13-8-6-10-4-2-3-5-11(7-9-13)12(10)13/h6-12H,2-5H2,1H3. The van der Waals surface area contributed by atoms with E-state index in [2.05, 4.69) is 31.2 Å². The van der Waals surface area contributed by atoms with Gasteiger partial charge in [0.1, 0.15) is 0 Å². The summed E-state index contributed by atoms with van der Waals surface area (Å²) in [6.07, 6.45) is 15.7. The van der Waals surface area contributed by atoms with E-state index in [9.17, 15) is 0 Å². The van der Waals surface area contributed by atoms with Crippen LogP contribution in [-0.4, -0.2) is 0 Å². The maximum Gasteiger partial charge on any atom is 0.00723 e. The molecule has 13 heavy (non-hydrogen) atoms. The average Bonchev–Trinajstić information content (AvgIpc) is 2.51. The highest BCUT2D eigenvalue weighted by atomic mass is 14.5. The topological polar surface area (TPSA) is 0 Å². The molecule has 70 valence electrons. The van der Waals surface area contributed by atoms with Crippen molar-refractivity contribution in [1.82, 2.24) is 0 Å². The molecule has 3 rings (SSSR count). The summed E-state index contributed by atoms with van der Waals surface area (Å²) < 4.78 is 0. The second kappa shape index (κ2) is 2.50. The fraction of sp³-hybridized carbons (Fsp3) is 0.692.